The summed E-state index contributed by atoms with van der Waals surface area (Å²) in [5, 5.41) is 9.26. The van der Waals surface area contributed by atoms with E-state index in [-0.39, 0.29) is 6.61 Å². The van der Waals surface area contributed by atoms with Gasteiger partial charge in [0.25, 0.3) is 0 Å². The Kier molecular flexibility index (Phi) is 4.12. The highest BCUT2D eigenvalue weighted by Crippen LogP contribution is 2.20. The largest absolute Gasteiger partial charge is 0.496 e. The van der Waals surface area contributed by atoms with Crippen molar-refractivity contribution >= 4 is 0 Å². The molecule has 100 valence electrons. The predicted molar refractivity (Wildman–Crippen MR) is 73.2 cm³/mol. The molecular formula is C15H18N2O2. The highest BCUT2D eigenvalue weighted by Gasteiger charge is 2.10. The molecule has 0 bridgehead atoms. The third-order valence-electron chi connectivity index (χ3n) is 3.17. The smallest absolute Gasteiger partial charge is 0.133 e. The third-order valence-corrected chi connectivity index (χ3v) is 3.17. The lowest BCUT2D eigenvalue weighted by molar-refractivity contribution is 0.279. The van der Waals surface area contributed by atoms with Gasteiger partial charge in [-0.3, -0.25) is 0 Å². The van der Waals surface area contributed by atoms with Gasteiger partial charge < -0.3 is 9.84 Å². The van der Waals surface area contributed by atoms with E-state index in [1.165, 1.54) is 0 Å². The average molecular weight is 258 g/mol. The zero-order valence-corrected chi connectivity index (χ0v) is 11.5. The fourth-order valence-corrected chi connectivity index (χ4v) is 2.14. The number of hydrogen-bond acceptors (Lipinski definition) is 4. The maximum Gasteiger partial charge on any atom is 0.133 e. The van der Waals surface area contributed by atoms with Crippen LogP contribution in [0, 0.1) is 13.8 Å². The number of methoxy groups -OCH3 is 1. The molecule has 1 aromatic carbocycles. The van der Waals surface area contributed by atoms with Crippen LogP contribution in [0.5, 0.6) is 5.75 Å². The molecule has 0 spiro atoms. The summed E-state index contributed by atoms with van der Waals surface area (Å²) in [5.74, 6) is 1.59. The van der Waals surface area contributed by atoms with Crippen molar-refractivity contribution in [2.75, 3.05) is 7.11 Å². The maximum absolute atomic E-state index is 9.26. The second kappa shape index (κ2) is 5.80. The minimum absolute atomic E-state index is 0.0212. The number of rotatable bonds is 4. The molecule has 0 fully saturated rings. The van der Waals surface area contributed by atoms with Crippen molar-refractivity contribution in [3.05, 3.63) is 52.6 Å². The number of benzene rings is 1. The van der Waals surface area contributed by atoms with E-state index in [9.17, 15) is 5.11 Å². The van der Waals surface area contributed by atoms with Crippen LogP contribution in [0.15, 0.2) is 24.3 Å². The van der Waals surface area contributed by atoms with Crippen LogP contribution < -0.4 is 4.74 Å². The molecule has 0 aliphatic heterocycles. The number of hydrogen-bond donors (Lipinski definition) is 1. The van der Waals surface area contributed by atoms with Gasteiger partial charge in [0.1, 0.15) is 11.6 Å². The van der Waals surface area contributed by atoms with Crippen LogP contribution in [0.2, 0.25) is 0 Å². The normalized spacial score (nSPS) is 10.5. The van der Waals surface area contributed by atoms with Gasteiger partial charge in [-0.2, -0.15) is 0 Å². The third kappa shape index (κ3) is 2.90. The fraction of sp³-hybridized carbons (Fsp3) is 0.333. The molecule has 0 radical (unpaired) electrons. The van der Waals surface area contributed by atoms with Crippen LogP contribution in [0.4, 0.5) is 0 Å². The van der Waals surface area contributed by atoms with E-state index in [2.05, 4.69) is 9.97 Å². The molecule has 4 heteroatoms. The Bertz CT molecular complexity index is 559. The van der Waals surface area contributed by atoms with Crippen molar-refractivity contribution in [2.45, 2.75) is 26.9 Å². The van der Waals surface area contributed by atoms with Crippen molar-refractivity contribution in [1.29, 1.82) is 0 Å². The van der Waals surface area contributed by atoms with Crippen molar-refractivity contribution in [1.82, 2.24) is 9.97 Å². The molecule has 0 aliphatic rings. The van der Waals surface area contributed by atoms with Gasteiger partial charge in [-0.25, -0.2) is 9.97 Å². The number of aromatic nitrogens is 2. The summed E-state index contributed by atoms with van der Waals surface area (Å²) in [4.78, 5) is 8.90. The highest BCUT2D eigenvalue weighted by molar-refractivity contribution is 5.36. The Labute approximate surface area is 113 Å². The van der Waals surface area contributed by atoms with Crippen molar-refractivity contribution in [2.24, 2.45) is 0 Å². The first kappa shape index (κ1) is 13.5. The van der Waals surface area contributed by atoms with Gasteiger partial charge in [0.2, 0.25) is 0 Å². The predicted octanol–water partition coefficient (Wildman–Crippen LogP) is 2.19. The first-order valence-electron chi connectivity index (χ1n) is 6.21. The van der Waals surface area contributed by atoms with Crippen LogP contribution in [0.3, 0.4) is 0 Å². The molecule has 0 aliphatic carbocycles. The molecule has 0 unspecified atom stereocenters. The number of ether oxygens (including phenoxy) is 1. The molecule has 4 nitrogen and oxygen atoms in total. The number of aliphatic hydroxyl groups excluding tert-OH is 1. The first-order chi connectivity index (χ1) is 9.15. The van der Waals surface area contributed by atoms with E-state index in [0.29, 0.717) is 6.42 Å². The van der Waals surface area contributed by atoms with E-state index >= 15 is 0 Å². The van der Waals surface area contributed by atoms with Crippen molar-refractivity contribution in [3.8, 4) is 5.75 Å². The van der Waals surface area contributed by atoms with E-state index in [0.717, 1.165) is 34.1 Å². The van der Waals surface area contributed by atoms with Gasteiger partial charge >= 0.3 is 0 Å². The molecule has 0 atom stereocenters. The zero-order valence-electron chi connectivity index (χ0n) is 11.5. The molecule has 1 heterocycles. The van der Waals surface area contributed by atoms with Gasteiger partial charge in [-0.05, 0) is 19.9 Å². The van der Waals surface area contributed by atoms with Gasteiger partial charge in [0, 0.05) is 28.9 Å². The number of para-hydroxylation sites is 1. The van der Waals surface area contributed by atoms with E-state index in [4.69, 9.17) is 4.74 Å². The van der Waals surface area contributed by atoms with Gasteiger partial charge in [-0.15, -0.1) is 0 Å². The number of aryl methyl sites for hydroxylation is 2. The van der Waals surface area contributed by atoms with Crippen molar-refractivity contribution in [3.63, 3.8) is 0 Å². The minimum atomic E-state index is -0.0212. The average Bonchev–Trinajstić information content (AvgIpc) is 2.39. The van der Waals surface area contributed by atoms with Crippen LogP contribution in [-0.4, -0.2) is 22.2 Å². The molecular weight excluding hydrogens is 240 g/mol. The Morgan fingerprint density at radius 2 is 1.74 bits per heavy atom. The standard InChI is InChI=1S/C15H18N2O2/c1-10-13(9-18)11(2)17-15(16-10)8-12-6-4-5-7-14(12)19-3/h4-7,18H,8-9H2,1-3H3. The fourth-order valence-electron chi connectivity index (χ4n) is 2.14. The lowest BCUT2D eigenvalue weighted by Crippen LogP contribution is -2.06. The lowest BCUT2D eigenvalue weighted by Gasteiger charge is -2.10. The van der Waals surface area contributed by atoms with Crippen LogP contribution >= 0.6 is 0 Å². The van der Waals surface area contributed by atoms with Crippen LogP contribution in [-0.2, 0) is 13.0 Å². The summed E-state index contributed by atoms with van der Waals surface area (Å²) >= 11 is 0. The van der Waals surface area contributed by atoms with Crippen LogP contribution in [0.25, 0.3) is 0 Å². The summed E-state index contributed by atoms with van der Waals surface area (Å²) < 4.78 is 5.33. The van der Waals surface area contributed by atoms with E-state index < -0.39 is 0 Å². The quantitative estimate of drug-likeness (QED) is 0.913. The number of nitrogens with zero attached hydrogens (tertiary/aromatic N) is 2. The molecule has 2 aromatic rings. The lowest BCUT2D eigenvalue weighted by atomic mass is 10.1. The maximum atomic E-state index is 9.26. The second-order valence-electron chi connectivity index (χ2n) is 4.44. The summed E-state index contributed by atoms with van der Waals surface area (Å²) in [6, 6.07) is 7.85. The minimum Gasteiger partial charge on any atom is -0.496 e. The molecule has 1 aromatic heterocycles. The summed E-state index contributed by atoms with van der Waals surface area (Å²) in [5.41, 5.74) is 3.53. The topological polar surface area (TPSA) is 55.2 Å². The number of aliphatic hydroxyl groups is 1. The van der Waals surface area contributed by atoms with E-state index in [1.807, 2.05) is 38.1 Å². The molecule has 1 N–H and O–H groups in total. The summed E-state index contributed by atoms with van der Waals surface area (Å²) in [6.07, 6.45) is 0.622. The second-order valence-corrected chi connectivity index (χ2v) is 4.44. The molecule has 0 amide bonds. The van der Waals surface area contributed by atoms with Gasteiger partial charge in [0.15, 0.2) is 0 Å². The monoisotopic (exact) mass is 258 g/mol. The van der Waals surface area contributed by atoms with Crippen molar-refractivity contribution < 1.29 is 9.84 Å². The Hall–Kier alpha value is -1.94. The van der Waals surface area contributed by atoms with E-state index in [1.54, 1.807) is 7.11 Å². The zero-order chi connectivity index (χ0) is 13.8. The first-order valence-corrected chi connectivity index (χ1v) is 6.21. The highest BCUT2D eigenvalue weighted by atomic mass is 16.5. The molecule has 2 rings (SSSR count). The summed E-state index contributed by atoms with van der Waals surface area (Å²) in [6.45, 7) is 3.77. The van der Waals surface area contributed by atoms with Crippen LogP contribution in [0.1, 0.15) is 28.3 Å². The molecule has 0 saturated carbocycles. The molecule has 0 saturated heterocycles. The van der Waals surface area contributed by atoms with Gasteiger partial charge in [0.05, 0.1) is 13.7 Å². The Morgan fingerprint density at radius 1 is 1.11 bits per heavy atom. The molecule has 19 heavy (non-hydrogen) atoms. The Morgan fingerprint density at radius 3 is 2.32 bits per heavy atom. The summed E-state index contributed by atoms with van der Waals surface area (Å²) in [7, 11) is 1.66. The van der Waals surface area contributed by atoms with Gasteiger partial charge in [-0.1, -0.05) is 18.2 Å². The Balaban J connectivity index is 2.34. The SMILES string of the molecule is COc1ccccc1Cc1nc(C)c(CO)c(C)n1.